The fourth-order valence-electron chi connectivity index (χ4n) is 1.45. The van der Waals surface area contributed by atoms with E-state index in [0.29, 0.717) is 0 Å². The van der Waals surface area contributed by atoms with Gasteiger partial charge in [0.25, 0.3) is 5.91 Å². The maximum Gasteiger partial charge on any atom is 0.435 e. The SMILES string of the molecule is O=C(Nc1cccnc1C(F)(F)F)c1cc(Cl)ccn1. The number of aromatic nitrogens is 2. The van der Waals surface area contributed by atoms with Gasteiger partial charge in [0.2, 0.25) is 0 Å². The lowest BCUT2D eigenvalue weighted by Crippen LogP contribution is -2.18. The van der Waals surface area contributed by atoms with Crippen molar-refractivity contribution in [2.45, 2.75) is 6.18 Å². The Morgan fingerprint density at radius 1 is 1.20 bits per heavy atom. The molecule has 0 fully saturated rings. The molecule has 2 rings (SSSR count). The van der Waals surface area contributed by atoms with Gasteiger partial charge < -0.3 is 5.32 Å². The average molecular weight is 302 g/mol. The summed E-state index contributed by atoms with van der Waals surface area (Å²) < 4.78 is 38.1. The minimum absolute atomic E-state index is 0.0884. The number of anilines is 1. The van der Waals surface area contributed by atoms with E-state index in [1.807, 2.05) is 0 Å². The number of rotatable bonds is 2. The van der Waals surface area contributed by atoms with E-state index in [9.17, 15) is 18.0 Å². The number of halogens is 4. The zero-order chi connectivity index (χ0) is 14.8. The molecule has 0 aliphatic rings. The molecular formula is C12H7ClF3N3O. The Bertz CT molecular complexity index is 646. The van der Waals surface area contributed by atoms with Crippen molar-refractivity contribution in [2.75, 3.05) is 5.32 Å². The molecule has 1 N–H and O–H groups in total. The molecular weight excluding hydrogens is 295 g/mol. The predicted molar refractivity (Wildman–Crippen MR) is 66.4 cm³/mol. The molecule has 2 aromatic heterocycles. The summed E-state index contributed by atoms with van der Waals surface area (Å²) in [6.07, 6.45) is -2.38. The van der Waals surface area contributed by atoms with Crippen LogP contribution in [-0.2, 0) is 6.18 Å². The third-order valence-electron chi connectivity index (χ3n) is 2.28. The van der Waals surface area contributed by atoms with Crippen LogP contribution in [0, 0.1) is 0 Å². The van der Waals surface area contributed by atoms with Crippen molar-refractivity contribution in [2.24, 2.45) is 0 Å². The molecule has 0 aliphatic heterocycles. The van der Waals surface area contributed by atoms with Gasteiger partial charge in [-0.1, -0.05) is 11.6 Å². The van der Waals surface area contributed by atoms with Crippen LogP contribution in [0.1, 0.15) is 16.2 Å². The Morgan fingerprint density at radius 2 is 1.95 bits per heavy atom. The first kappa shape index (κ1) is 14.3. The summed E-state index contributed by atoms with van der Waals surface area (Å²) in [5.74, 6) is -0.800. The minimum atomic E-state index is -4.66. The number of alkyl halides is 3. The van der Waals surface area contributed by atoms with Crippen LogP contribution >= 0.6 is 11.6 Å². The smallest absolute Gasteiger partial charge is 0.319 e. The molecule has 4 nitrogen and oxygen atoms in total. The van der Waals surface area contributed by atoms with Crippen LogP contribution in [-0.4, -0.2) is 15.9 Å². The molecule has 8 heteroatoms. The Balaban J connectivity index is 2.29. The van der Waals surface area contributed by atoms with Crippen LogP contribution in [0.3, 0.4) is 0 Å². The van der Waals surface area contributed by atoms with Gasteiger partial charge in [-0.05, 0) is 24.3 Å². The molecule has 0 saturated carbocycles. The van der Waals surface area contributed by atoms with Gasteiger partial charge in [-0.2, -0.15) is 13.2 Å². The van der Waals surface area contributed by atoms with Crippen molar-refractivity contribution in [3.05, 3.63) is 53.1 Å². The lowest BCUT2D eigenvalue weighted by atomic mass is 10.2. The topological polar surface area (TPSA) is 54.9 Å². The number of carbonyl (C=O) groups excluding carboxylic acids is 1. The molecule has 2 aromatic rings. The highest BCUT2D eigenvalue weighted by Crippen LogP contribution is 2.32. The molecule has 0 aliphatic carbocycles. The van der Waals surface area contributed by atoms with Crippen LogP contribution in [0.15, 0.2) is 36.7 Å². The van der Waals surface area contributed by atoms with Crippen molar-refractivity contribution < 1.29 is 18.0 Å². The van der Waals surface area contributed by atoms with Crippen LogP contribution in [0.25, 0.3) is 0 Å². The third kappa shape index (κ3) is 3.24. The first-order valence-corrected chi connectivity index (χ1v) is 5.71. The zero-order valence-corrected chi connectivity index (χ0v) is 10.5. The monoisotopic (exact) mass is 301 g/mol. The molecule has 104 valence electrons. The second-order valence-electron chi connectivity index (χ2n) is 3.71. The second-order valence-corrected chi connectivity index (χ2v) is 4.15. The van der Waals surface area contributed by atoms with Crippen LogP contribution in [0.5, 0.6) is 0 Å². The van der Waals surface area contributed by atoms with Crippen molar-refractivity contribution in [3.8, 4) is 0 Å². The number of hydrogen-bond donors (Lipinski definition) is 1. The van der Waals surface area contributed by atoms with E-state index in [2.05, 4.69) is 15.3 Å². The van der Waals surface area contributed by atoms with E-state index in [1.54, 1.807) is 0 Å². The van der Waals surface area contributed by atoms with Gasteiger partial charge in [0.1, 0.15) is 5.69 Å². The summed E-state index contributed by atoms with van der Waals surface area (Å²) >= 11 is 5.68. The first-order chi connectivity index (χ1) is 9.38. The predicted octanol–water partition coefficient (Wildman–Crippen LogP) is 3.40. The van der Waals surface area contributed by atoms with Gasteiger partial charge in [-0.15, -0.1) is 0 Å². The largest absolute Gasteiger partial charge is 0.435 e. The fraction of sp³-hybridized carbons (Fsp3) is 0.0833. The van der Waals surface area contributed by atoms with E-state index < -0.39 is 23.5 Å². The summed E-state index contributed by atoms with van der Waals surface area (Å²) in [5, 5.41) is 2.37. The van der Waals surface area contributed by atoms with Gasteiger partial charge in [-0.3, -0.25) is 9.78 Å². The van der Waals surface area contributed by atoms with Crippen molar-refractivity contribution in [1.29, 1.82) is 0 Å². The molecule has 0 saturated heterocycles. The lowest BCUT2D eigenvalue weighted by Gasteiger charge is -2.12. The number of nitrogens with zero attached hydrogens (tertiary/aromatic N) is 2. The quantitative estimate of drug-likeness (QED) is 0.925. The molecule has 2 heterocycles. The molecule has 0 spiro atoms. The van der Waals surface area contributed by atoms with Crippen LogP contribution < -0.4 is 5.32 Å². The zero-order valence-electron chi connectivity index (χ0n) is 9.78. The highest BCUT2D eigenvalue weighted by atomic mass is 35.5. The van der Waals surface area contributed by atoms with Gasteiger partial charge in [0.05, 0.1) is 5.69 Å². The lowest BCUT2D eigenvalue weighted by molar-refractivity contribution is -0.140. The summed E-state index contributed by atoms with van der Waals surface area (Å²) in [4.78, 5) is 18.8. The van der Waals surface area contributed by atoms with E-state index >= 15 is 0 Å². The molecule has 20 heavy (non-hydrogen) atoms. The number of amides is 1. The normalized spacial score (nSPS) is 11.2. The number of hydrogen-bond acceptors (Lipinski definition) is 3. The van der Waals surface area contributed by atoms with Crippen molar-refractivity contribution in [1.82, 2.24) is 9.97 Å². The number of pyridine rings is 2. The summed E-state index contributed by atoms with van der Waals surface area (Å²) in [5.41, 5.74) is -1.70. The summed E-state index contributed by atoms with van der Waals surface area (Å²) in [7, 11) is 0. The molecule has 0 atom stereocenters. The highest BCUT2D eigenvalue weighted by molar-refractivity contribution is 6.30. The maximum atomic E-state index is 12.7. The summed E-state index contributed by atoms with van der Waals surface area (Å²) in [6.45, 7) is 0. The average Bonchev–Trinajstić information content (AvgIpc) is 2.38. The van der Waals surface area contributed by atoms with Crippen LogP contribution in [0.2, 0.25) is 5.02 Å². The van der Waals surface area contributed by atoms with Gasteiger partial charge >= 0.3 is 6.18 Å². The Hall–Kier alpha value is -2.15. The third-order valence-corrected chi connectivity index (χ3v) is 2.51. The Labute approximate surface area is 116 Å². The molecule has 0 aromatic carbocycles. The Kier molecular flexibility index (Phi) is 3.89. The minimum Gasteiger partial charge on any atom is -0.319 e. The first-order valence-electron chi connectivity index (χ1n) is 5.33. The molecule has 0 bridgehead atoms. The van der Waals surface area contributed by atoms with E-state index in [1.165, 1.54) is 24.4 Å². The number of carbonyl (C=O) groups is 1. The van der Waals surface area contributed by atoms with E-state index in [-0.39, 0.29) is 10.7 Å². The summed E-state index contributed by atoms with van der Waals surface area (Å²) in [6, 6.07) is 5.10. The Morgan fingerprint density at radius 3 is 2.60 bits per heavy atom. The van der Waals surface area contributed by atoms with Gasteiger partial charge in [0, 0.05) is 17.4 Å². The second kappa shape index (κ2) is 5.46. The van der Waals surface area contributed by atoms with Crippen molar-refractivity contribution in [3.63, 3.8) is 0 Å². The van der Waals surface area contributed by atoms with E-state index in [0.717, 1.165) is 12.3 Å². The van der Waals surface area contributed by atoms with Gasteiger partial charge in [0.15, 0.2) is 5.69 Å². The maximum absolute atomic E-state index is 12.7. The highest BCUT2D eigenvalue weighted by Gasteiger charge is 2.35. The molecule has 0 radical (unpaired) electrons. The standard InChI is InChI=1S/C12H7ClF3N3O/c13-7-3-5-17-9(6-7)11(20)19-8-2-1-4-18-10(8)12(14,15)16/h1-6H,(H,19,20). The fourth-order valence-corrected chi connectivity index (χ4v) is 1.61. The number of nitrogens with one attached hydrogen (secondary N) is 1. The van der Waals surface area contributed by atoms with Crippen molar-refractivity contribution >= 4 is 23.2 Å². The van der Waals surface area contributed by atoms with Crippen LogP contribution in [0.4, 0.5) is 18.9 Å². The molecule has 1 amide bonds. The molecule has 0 unspecified atom stereocenters. The van der Waals surface area contributed by atoms with Gasteiger partial charge in [-0.25, -0.2) is 4.98 Å². The van der Waals surface area contributed by atoms with E-state index in [4.69, 9.17) is 11.6 Å².